The molecule has 0 spiro atoms. The van der Waals surface area contributed by atoms with Crippen LogP contribution in [0.15, 0.2) is 18.2 Å². The number of benzene rings is 1. The monoisotopic (exact) mass is 394 g/mol. The number of carbonyl (C=O) groups is 4. The van der Waals surface area contributed by atoms with E-state index in [9.17, 15) is 19.2 Å². The average Bonchev–Trinajstić information content (AvgIpc) is 3.02. The highest BCUT2D eigenvalue weighted by Crippen LogP contribution is 2.31. The summed E-state index contributed by atoms with van der Waals surface area (Å²) in [5.74, 6) is -2.52. The average molecular weight is 395 g/mol. The Morgan fingerprint density at radius 3 is 2.63 bits per heavy atom. The predicted molar refractivity (Wildman–Crippen MR) is 99.8 cm³/mol. The second-order valence-electron chi connectivity index (χ2n) is 6.71. The van der Waals surface area contributed by atoms with Gasteiger partial charge >= 0.3 is 0 Å². The van der Waals surface area contributed by atoms with Gasteiger partial charge in [0.2, 0.25) is 17.7 Å². The minimum Gasteiger partial charge on any atom is -0.369 e. The Labute approximate surface area is 163 Å². The van der Waals surface area contributed by atoms with E-state index in [4.69, 9.17) is 11.5 Å². The van der Waals surface area contributed by atoms with Crippen molar-refractivity contribution in [2.24, 2.45) is 17.4 Å². The summed E-state index contributed by atoms with van der Waals surface area (Å²) in [6, 6.07) is 4.95. The number of Topliss-reactive ketones (excluding diaryl/α,β-unsaturated/α-hetero) is 1. The van der Waals surface area contributed by atoms with Crippen LogP contribution in [0.25, 0.3) is 0 Å². The number of halogens is 1. The van der Waals surface area contributed by atoms with Crippen molar-refractivity contribution >= 4 is 35.9 Å². The van der Waals surface area contributed by atoms with E-state index in [-0.39, 0.29) is 43.0 Å². The van der Waals surface area contributed by atoms with Gasteiger partial charge in [-0.1, -0.05) is 18.2 Å². The topological polar surface area (TPSA) is 136 Å². The molecule has 2 heterocycles. The van der Waals surface area contributed by atoms with Crippen molar-refractivity contribution < 1.29 is 19.2 Å². The van der Waals surface area contributed by atoms with Gasteiger partial charge in [-0.25, -0.2) is 0 Å². The van der Waals surface area contributed by atoms with Crippen LogP contribution < -0.4 is 16.8 Å². The third-order valence-corrected chi connectivity index (χ3v) is 5.04. The molecule has 1 fully saturated rings. The van der Waals surface area contributed by atoms with E-state index in [2.05, 4.69) is 5.32 Å². The van der Waals surface area contributed by atoms with E-state index < -0.39 is 17.9 Å². The van der Waals surface area contributed by atoms with Crippen LogP contribution in [0.2, 0.25) is 0 Å². The summed E-state index contributed by atoms with van der Waals surface area (Å²) in [6.07, 6.45) is 0.961. The van der Waals surface area contributed by atoms with Crippen molar-refractivity contribution in [2.45, 2.75) is 38.4 Å². The number of primary amides is 1. The van der Waals surface area contributed by atoms with Gasteiger partial charge in [-0.05, 0) is 30.5 Å². The fourth-order valence-electron chi connectivity index (χ4n) is 3.69. The third kappa shape index (κ3) is 4.18. The van der Waals surface area contributed by atoms with Gasteiger partial charge in [-0.2, -0.15) is 0 Å². The summed E-state index contributed by atoms with van der Waals surface area (Å²) in [4.78, 5) is 49.9. The third-order valence-electron chi connectivity index (χ3n) is 5.04. The number of nitrogens with two attached hydrogens (primary N) is 2. The van der Waals surface area contributed by atoms with Crippen LogP contribution in [0.4, 0.5) is 0 Å². The van der Waals surface area contributed by atoms with Gasteiger partial charge in [0.25, 0.3) is 0 Å². The zero-order valence-corrected chi connectivity index (χ0v) is 15.6. The number of carbonyl (C=O) groups excluding carboxylic acids is 4. The Morgan fingerprint density at radius 1 is 1.26 bits per heavy atom. The molecule has 2 atom stereocenters. The normalized spacial score (nSPS) is 20.4. The molecule has 2 aliphatic heterocycles. The van der Waals surface area contributed by atoms with Gasteiger partial charge in [0.15, 0.2) is 5.78 Å². The molecule has 0 aliphatic carbocycles. The second-order valence-corrected chi connectivity index (χ2v) is 6.71. The van der Waals surface area contributed by atoms with Gasteiger partial charge in [-0.3, -0.25) is 29.4 Å². The van der Waals surface area contributed by atoms with Crippen molar-refractivity contribution in [2.75, 3.05) is 6.54 Å². The summed E-state index contributed by atoms with van der Waals surface area (Å²) in [7, 11) is 0. The first-order valence-electron chi connectivity index (χ1n) is 8.64. The molecule has 8 nitrogen and oxygen atoms in total. The van der Waals surface area contributed by atoms with Crippen molar-refractivity contribution in [1.29, 1.82) is 0 Å². The molecule has 0 saturated carbocycles. The Hall–Kier alpha value is -2.29. The van der Waals surface area contributed by atoms with E-state index in [1.807, 2.05) is 11.0 Å². The lowest BCUT2D eigenvalue weighted by Gasteiger charge is -2.29. The Bertz CT molecular complexity index is 783. The summed E-state index contributed by atoms with van der Waals surface area (Å²) in [5.41, 5.74) is 13.1. The Kier molecular flexibility index (Phi) is 6.69. The molecule has 27 heavy (non-hydrogen) atoms. The van der Waals surface area contributed by atoms with Gasteiger partial charge in [0, 0.05) is 25.1 Å². The van der Waals surface area contributed by atoms with Crippen LogP contribution in [0.5, 0.6) is 0 Å². The number of ketones is 1. The van der Waals surface area contributed by atoms with Crippen LogP contribution in [-0.2, 0) is 27.5 Å². The summed E-state index contributed by atoms with van der Waals surface area (Å²) in [5, 5.41) is 2.36. The van der Waals surface area contributed by atoms with E-state index in [0.717, 1.165) is 11.1 Å². The van der Waals surface area contributed by atoms with Crippen LogP contribution in [-0.4, -0.2) is 41.0 Å². The van der Waals surface area contributed by atoms with Crippen molar-refractivity contribution in [3.63, 3.8) is 0 Å². The maximum absolute atomic E-state index is 12.8. The first-order valence-corrected chi connectivity index (χ1v) is 8.64. The van der Waals surface area contributed by atoms with Crippen molar-refractivity contribution in [1.82, 2.24) is 10.2 Å². The summed E-state index contributed by atoms with van der Waals surface area (Å²) < 4.78 is 0. The largest absolute Gasteiger partial charge is 0.369 e. The number of imide groups is 1. The zero-order chi connectivity index (χ0) is 18.8. The van der Waals surface area contributed by atoms with E-state index in [1.54, 1.807) is 12.1 Å². The molecular formula is C18H23ClN4O4. The summed E-state index contributed by atoms with van der Waals surface area (Å²) in [6.45, 7) is 1.12. The van der Waals surface area contributed by atoms with E-state index in [0.29, 0.717) is 31.5 Å². The molecule has 1 aromatic rings. The highest BCUT2D eigenvalue weighted by Gasteiger charge is 2.37. The quantitative estimate of drug-likeness (QED) is 0.349. The molecule has 1 aromatic carbocycles. The first-order chi connectivity index (χ1) is 12.4. The predicted octanol–water partition coefficient (Wildman–Crippen LogP) is -0.138. The fourth-order valence-corrected chi connectivity index (χ4v) is 3.69. The molecule has 2 aliphatic rings. The lowest BCUT2D eigenvalue weighted by Crippen LogP contribution is -2.50. The molecule has 9 heteroatoms. The molecule has 1 saturated heterocycles. The van der Waals surface area contributed by atoms with Gasteiger partial charge in [0.1, 0.15) is 5.92 Å². The van der Waals surface area contributed by atoms with Gasteiger partial charge < -0.3 is 11.5 Å². The molecule has 5 N–H and O–H groups in total. The van der Waals surface area contributed by atoms with Crippen molar-refractivity contribution in [3.05, 3.63) is 34.9 Å². The lowest BCUT2D eigenvalue weighted by molar-refractivity contribution is -0.137. The SMILES string of the molecule is Cl.NCCC(C(N)=O)C(=O)c1cccc2c1CN(C1CCC(=O)NC1=O)C2. The highest BCUT2D eigenvalue weighted by molar-refractivity contribution is 6.10. The second kappa shape index (κ2) is 8.60. The molecule has 0 aromatic heterocycles. The molecular weight excluding hydrogens is 372 g/mol. The molecule has 2 unspecified atom stereocenters. The summed E-state index contributed by atoms with van der Waals surface area (Å²) >= 11 is 0. The maximum atomic E-state index is 12.8. The number of hydrogen-bond acceptors (Lipinski definition) is 6. The number of hydrogen-bond donors (Lipinski definition) is 3. The molecule has 146 valence electrons. The number of nitrogens with one attached hydrogen (secondary N) is 1. The van der Waals surface area contributed by atoms with Crippen LogP contribution >= 0.6 is 12.4 Å². The number of rotatable bonds is 6. The lowest BCUT2D eigenvalue weighted by atomic mass is 9.90. The van der Waals surface area contributed by atoms with Crippen LogP contribution in [0.3, 0.4) is 0 Å². The number of amides is 3. The molecule has 0 bridgehead atoms. The number of nitrogens with zero attached hydrogens (tertiary/aromatic N) is 1. The molecule has 3 rings (SSSR count). The van der Waals surface area contributed by atoms with Gasteiger partial charge in [-0.15, -0.1) is 12.4 Å². The van der Waals surface area contributed by atoms with E-state index in [1.165, 1.54) is 0 Å². The Balaban J connectivity index is 0.00000261. The highest BCUT2D eigenvalue weighted by atomic mass is 35.5. The fraction of sp³-hybridized carbons (Fsp3) is 0.444. The maximum Gasteiger partial charge on any atom is 0.243 e. The molecule has 3 amide bonds. The van der Waals surface area contributed by atoms with Crippen LogP contribution in [0.1, 0.15) is 40.7 Å². The van der Waals surface area contributed by atoms with E-state index >= 15 is 0 Å². The minimum atomic E-state index is -0.948. The standard InChI is InChI=1S/C18H22N4O4.ClH/c19-7-6-12(17(20)25)16(24)11-3-1-2-10-8-22(9-13(10)11)14-4-5-15(23)21-18(14)26;/h1-3,12,14H,4-9,19H2,(H2,20,25)(H,21,23,26);1H. The van der Waals surface area contributed by atoms with Gasteiger partial charge in [0.05, 0.1) is 6.04 Å². The smallest absolute Gasteiger partial charge is 0.243 e. The van der Waals surface area contributed by atoms with Crippen molar-refractivity contribution in [3.8, 4) is 0 Å². The number of fused-ring (bicyclic) bond motifs is 1. The molecule has 0 radical (unpaired) electrons. The zero-order valence-electron chi connectivity index (χ0n) is 14.8. The number of piperidine rings is 1. The minimum absolute atomic E-state index is 0. The van der Waals surface area contributed by atoms with Crippen LogP contribution in [0, 0.1) is 5.92 Å². The first kappa shape index (κ1) is 21.0. The Morgan fingerprint density at radius 2 is 2.00 bits per heavy atom.